The van der Waals surface area contributed by atoms with Gasteiger partial charge in [0.05, 0.1) is 17.4 Å². The summed E-state index contributed by atoms with van der Waals surface area (Å²) < 4.78 is 40.9. The number of nitrogens with zero attached hydrogens (tertiary/aromatic N) is 3. The normalized spacial score (nSPS) is 17.4. The molecule has 3 rings (SSSR count). The van der Waals surface area contributed by atoms with Crippen molar-refractivity contribution in [2.24, 2.45) is 5.92 Å². The largest absolute Gasteiger partial charge is 0.415 e. The van der Waals surface area contributed by atoms with Crippen molar-refractivity contribution < 1.29 is 13.2 Å². The molecule has 3 heterocycles. The Morgan fingerprint density at radius 3 is 2.62 bits per heavy atom. The molecule has 2 aromatic rings. The van der Waals surface area contributed by atoms with Crippen molar-refractivity contribution in [3.63, 3.8) is 0 Å². The van der Waals surface area contributed by atoms with Crippen molar-refractivity contribution in [3.8, 4) is 0 Å². The summed E-state index contributed by atoms with van der Waals surface area (Å²) in [4.78, 5) is 4.45. The van der Waals surface area contributed by atoms with E-state index in [-0.39, 0.29) is 12.0 Å². The molecule has 0 amide bonds. The molecule has 0 saturated heterocycles. The SMILES string of the molecule is C=C(/C=C(/c1cc2n(n1)CCCC2Nc1cc(C)c(C)cn1)C(C)C)C(F)(F)F. The molecule has 0 spiro atoms. The number of halogens is 3. The van der Waals surface area contributed by atoms with E-state index >= 15 is 0 Å². The van der Waals surface area contributed by atoms with Crippen molar-refractivity contribution in [1.82, 2.24) is 14.8 Å². The summed E-state index contributed by atoms with van der Waals surface area (Å²) in [6.07, 6.45) is 0.360. The van der Waals surface area contributed by atoms with Crippen LogP contribution in [0.2, 0.25) is 0 Å². The number of pyridine rings is 1. The van der Waals surface area contributed by atoms with Crippen molar-refractivity contribution in [2.45, 2.75) is 59.3 Å². The molecule has 7 heteroatoms. The topological polar surface area (TPSA) is 42.7 Å². The summed E-state index contributed by atoms with van der Waals surface area (Å²) in [5.74, 6) is 0.679. The standard InChI is InChI=1S/C22H27F3N4/c1-13(2)17(10-16(5)22(23,24)25)19-11-20-18(7-6-8-29(20)28-19)27-21-9-14(3)15(4)12-26-21/h9-13,18H,5-8H2,1-4H3,(H,26,27)/b17-10+. The maximum atomic E-state index is 13.0. The van der Waals surface area contributed by atoms with Crippen LogP contribution in [0.4, 0.5) is 19.0 Å². The second-order valence-electron chi connectivity index (χ2n) is 7.95. The first-order chi connectivity index (χ1) is 13.6. The van der Waals surface area contributed by atoms with Gasteiger partial charge in [0.15, 0.2) is 0 Å². The highest BCUT2D eigenvalue weighted by Crippen LogP contribution is 2.34. The van der Waals surface area contributed by atoms with Crippen LogP contribution in [0.5, 0.6) is 0 Å². The van der Waals surface area contributed by atoms with E-state index in [0.717, 1.165) is 48.1 Å². The Morgan fingerprint density at radius 1 is 1.28 bits per heavy atom. The van der Waals surface area contributed by atoms with Gasteiger partial charge in [0.1, 0.15) is 5.82 Å². The summed E-state index contributed by atoms with van der Waals surface area (Å²) >= 11 is 0. The van der Waals surface area contributed by atoms with Crippen LogP contribution in [0.25, 0.3) is 5.57 Å². The monoisotopic (exact) mass is 404 g/mol. The number of nitrogens with one attached hydrogen (secondary N) is 1. The lowest BCUT2D eigenvalue weighted by molar-refractivity contribution is -0.0877. The quantitative estimate of drug-likeness (QED) is 0.622. The van der Waals surface area contributed by atoms with E-state index in [2.05, 4.69) is 22.0 Å². The van der Waals surface area contributed by atoms with Crippen molar-refractivity contribution in [3.05, 3.63) is 59.1 Å². The minimum atomic E-state index is -4.45. The van der Waals surface area contributed by atoms with Crippen LogP contribution in [0.1, 0.15) is 55.2 Å². The smallest absolute Gasteiger partial charge is 0.362 e. The highest BCUT2D eigenvalue weighted by Gasteiger charge is 2.31. The molecule has 0 fully saturated rings. The summed E-state index contributed by atoms with van der Waals surface area (Å²) in [5, 5.41) is 8.07. The van der Waals surface area contributed by atoms with Gasteiger partial charge in [0, 0.05) is 18.3 Å². The summed E-state index contributed by atoms with van der Waals surface area (Å²) in [6, 6.07) is 3.92. The zero-order valence-electron chi connectivity index (χ0n) is 17.3. The lowest BCUT2D eigenvalue weighted by Crippen LogP contribution is -2.22. The molecule has 0 radical (unpaired) electrons. The molecule has 0 saturated carbocycles. The minimum Gasteiger partial charge on any atom is -0.362 e. The van der Waals surface area contributed by atoms with Gasteiger partial charge in [-0.2, -0.15) is 18.3 Å². The average molecular weight is 404 g/mol. The first-order valence-corrected chi connectivity index (χ1v) is 9.82. The van der Waals surface area contributed by atoms with E-state index in [4.69, 9.17) is 0 Å². The molecule has 4 nitrogen and oxygen atoms in total. The predicted octanol–water partition coefficient (Wildman–Crippen LogP) is 6.00. The fourth-order valence-corrected chi connectivity index (χ4v) is 3.46. The number of fused-ring (bicyclic) bond motifs is 1. The fraction of sp³-hybridized carbons (Fsp3) is 0.455. The lowest BCUT2D eigenvalue weighted by atomic mass is 9.96. The molecule has 0 aromatic carbocycles. The van der Waals surface area contributed by atoms with Crippen molar-refractivity contribution in [2.75, 3.05) is 5.32 Å². The third-order valence-electron chi connectivity index (χ3n) is 5.34. The number of aromatic nitrogens is 3. The molecular weight excluding hydrogens is 377 g/mol. The van der Waals surface area contributed by atoms with Crippen LogP contribution < -0.4 is 5.32 Å². The minimum absolute atomic E-state index is 0.0128. The van der Waals surface area contributed by atoms with Crippen LogP contribution in [0.15, 0.2) is 36.6 Å². The second kappa shape index (κ2) is 8.05. The molecule has 1 aliphatic heterocycles. The number of anilines is 1. The van der Waals surface area contributed by atoms with Gasteiger partial charge < -0.3 is 5.32 Å². The number of allylic oxidation sites excluding steroid dienone is 3. The lowest BCUT2D eigenvalue weighted by Gasteiger charge is -2.25. The first-order valence-electron chi connectivity index (χ1n) is 9.82. The van der Waals surface area contributed by atoms with Crippen LogP contribution in [-0.4, -0.2) is 20.9 Å². The summed E-state index contributed by atoms with van der Waals surface area (Å²) in [7, 11) is 0. The Kier molecular flexibility index (Phi) is 5.87. The van der Waals surface area contributed by atoms with E-state index in [1.165, 1.54) is 0 Å². The first kappa shape index (κ1) is 21.1. The highest BCUT2D eigenvalue weighted by molar-refractivity contribution is 5.67. The van der Waals surface area contributed by atoms with Crippen LogP contribution in [0, 0.1) is 19.8 Å². The highest BCUT2D eigenvalue weighted by atomic mass is 19.4. The van der Waals surface area contributed by atoms with Crippen LogP contribution >= 0.6 is 0 Å². The summed E-state index contributed by atoms with van der Waals surface area (Å²) in [5.41, 5.74) is 3.50. The second-order valence-corrected chi connectivity index (χ2v) is 7.95. The number of hydrogen-bond donors (Lipinski definition) is 1. The van der Waals surface area contributed by atoms with Gasteiger partial charge in [0.2, 0.25) is 0 Å². The molecule has 1 atom stereocenters. The van der Waals surface area contributed by atoms with Crippen molar-refractivity contribution >= 4 is 11.4 Å². The molecule has 0 bridgehead atoms. The van der Waals surface area contributed by atoms with E-state index in [0.29, 0.717) is 11.3 Å². The molecule has 2 aromatic heterocycles. The Bertz CT molecular complexity index is 938. The van der Waals surface area contributed by atoms with E-state index in [9.17, 15) is 13.2 Å². The van der Waals surface area contributed by atoms with E-state index < -0.39 is 11.7 Å². The molecule has 1 aliphatic rings. The maximum Gasteiger partial charge on any atom is 0.415 e. The number of rotatable bonds is 5. The van der Waals surface area contributed by atoms with Gasteiger partial charge >= 0.3 is 6.18 Å². The molecule has 0 aliphatic carbocycles. The average Bonchev–Trinajstić information content (AvgIpc) is 3.06. The third kappa shape index (κ3) is 4.71. The van der Waals surface area contributed by atoms with Gasteiger partial charge in [-0.1, -0.05) is 20.4 Å². The molecule has 29 heavy (non-hydrogen) atoms. The Hall–Kier alpha value is -2.57. The number of alkyl halides is 3. The van der Waals surface area contributed by atoms with Crippen LogP contribution in [0.3, 0.4) is 0 Å². The zero-order valence-corrected chi connectivity index (χ0v) is 17.3. The van der Waals surface area contributed by atoms with Gasteiger partial charge in [-0.25, -0.2) is 4.98 Å². The zero-order chi connectivity index (χ0) is 21.3. The maximum absolute atomic E-state index is 13.0. The number of hydrogen-bond acceptors (Lipinski definition) is 3. The Balaban J connectivity index is 1.92. The third-order valence-corrected chi connectivity index (χ3v) is 5.34. The van der Waals surface area contributed by atoms with Gasteiger partial charge in [-0.3, -0.25) is 4.68 Å². The summed E-state index contributed by atoms with van der Waals surface area (Å²) in [6.45, 7) is 11.7. The van der Waals surface area contributed by atoms with E-state index in [1.54, 1.807) is 0 Å². The number of aryl methyl sites for hydroxylation is 3. The van der Waals surface area contributed by atoms with Crippen LogP contribution in [-0.2, 0) is 6.54 Å². The van der Waals surface area contributed by atoms with Gasteiger partial charge in [-0.15, -0.1) is 0 Å². The van der Waals surface area contributed by atoms with Crippen molar-refractivity contribution in [1.29, 1.82) is 0 Å². The Morgan fingerprint density at radius 2 is 2.00 bits per heavy atom. The molecule has 156 valence electrons. The fourth-order valence-electron chi connectivity index (χ4n) is 3.46. The molecule has 1 unspecified atom stereocenters. The molecule has 1 N–H and O–H groups in total. The predicted molar refractivity (Wildman–Crippen MR) is 110 cm³/mol. The van der Waals surface area contributed by atoms with E-state index in [1.807, 2.05) is 50.7 Å². The molecular formula is C22H27F3N4. The Labute approximate surface area is 169 Å². The van der Waals surface area contributed by atoms with Gasteiger partial charge in [0.25, 0.3) is 0 Å². The van der Waals surface area contributed by atoms with Gasteiger partial charge in [-0.05, 0) is 67.5 Å².